The van der Waals surface area contributed by atoms with Gasteiger partial charge in [-0.25, -0.2) is 22.2 Å². The van der Waals surface area contributed by atoms with E-state index >= 15 is 0 Å². The number of nitrogen functional groups attached to an aromatic ring is 1. The van der Waals surface area contributed by atoms with Gasteiger partial charge in [-0.2, -0.15) is 0 Å². The monoisotopic (exact) mass is 508 g/mol. The molecule has 34 heavy (non-hydrogen) atoms. The van der Waals surface area contributed by atoms with E-state index in [0.717, 1.165) is 29.7 Å². The Labute approximate surface area is 199 Å². The molecule has 1 aromatic heterocycles. The minimum absolute atomic E-state index is 0.0353. The van der Waals surface area contributed by atoms with Gasteiger partial charge in [0.05, 0.1) is 17.5 Å². The first-order chi connectivity index (χ1) is 16.1. The summed E-state index contributed by atoms with van der Waals surface area (Å²) >= 11 is 0.769. The van der Waals surface area contributed by atoms with E-state index in [4.69, 9.17) is 5.73 Å². The van der Waals surface area contributed by atoms with Gasteiger partial charge >= 0.3 is 0 Å². The van der Waals surface area contributed by atoms with Crippen LogP contribution in [-0.4, -0.2) is 31.3 Å². The van der Waals surface area contributed by atoms with E-state index in [1.807, 2.05) is 6.92 Å². The van der Waals surface area contributed by atoms with Crippen LogP contribution in [0.2, 0.25) is 0 Å². The summed E-state index contributed by atoms with van der Waals surface area (Å²) in [5, 5.41) is 5.10. The number of nitrogens with two attached hydrogens (primary N) is 1. The Balaban J connectivity index is 1.68. The number of sulfone groups is 1. The van der Waals surface area contributed by atoms with Crippen molar-refractivity contribution in [1.29, 1.82) is 0 Å². The highest BCUT2D eigenvalue weighted by Gasteiger charge is 2.24. The van der Waals surface area contributed by atoms with Crippen molar-refractivity contribution >= 4 is 43.8 Å². The molecule has 0 fully saturated rings. The topological polar surface area (TPSA) is 131 Å². The molecule has 0 bridgehead atoms. The summed E-state index contributed by atoms with van der Waals surface area (Å²) in [4.78, 5) is 29.1. The zero-order valence-electron chi connectivity index (χ0n) is 18.0. The molecule has 0 saturated heterocycles. The van der Waals surface area contributed by atoms with Gasteiger partial charge in [0.15, 0.2) is 5.13 Å². The molecule has 4 N–H and O–H groups in total. The lowest BCUT2D eigenvalue weighted by Gasteiger charge is -2.17. The molecular formula is C22H22F2N4O4S2. The van der Waals surface area contributed by atoms with Crippen molar-refractivity contribution in [2.24, 2.45) is 0 Å². The van der Waals surface area contributed by atoms with Gasteiger partial charge in [-0.1, -0.05) is 24.7 Å². The van der Waals surface area contributed by atoms with Crippen LogP contribution in [0.4, 0.5) is 19.6 Å². The minimum Gasteiger partial charge on any atom is -0.399 e. The molecule has 0 spiro atoms. The Morgan fingerprint density at radius 2 is 1.76 bits per heavy atom. The third-order valence-electron chi connectivity index (χ3n) is 4.69. The number of amides is 2. The average Bonchev–Trinajstić information content (AvgIpc) is 3.22. The number of thiazole rings is 1. The second kappa shape index (κ2) is 10.7. The Morgan fingerprint density at radius 1 is 1.12 bits per heavy atom. The fraction of sp³-hybridized carbons (Fsp3) is 0.227. The van der Waals surface area contributed by atoms with Crippen molar-refractivity contribution in [3.05, 3.63) is 65.9 Å². The van der Waals surface area contributed by atoms with Crippen molar-refractivity contribution in [1.82, 2.24) is 10.3 Å². The SMILES string of the molecule is CCCC(NC(=O)Cc1cc(F)cc(F)c1)C(=O)Nc1ncc(S(=O)(=O)c2ccc(N)cc2)s1. The van der Waals surface area contributed by atoms with Gasteiger partial charge in [0.25, 0.3) is 0 Å². The van der Waals surface area contributed by atoms with E-state index in [2.05, 4.69) is 15.6 Å². The maximum absolute atomic E-state index is 13.4. The molecule has 0 aliphatic rings. The molecule has 180 valence electrons. The number of carbonyl (C=O) groups is 2. The summed E-state index contributed by atoms with van der Waals surface area (Å²) in [5.74, 6) is -2.80. The molecule has 2 amide bonds. The molecule has 0 aliphatic heterocycles. The van der Waals surface area contributed by atoms with Gasteiger partial charge in [0.2, 0.25) is 21.7 Å². The van der Waals surface area contributed by atoms with Crippen LogP contribution >= 0.6 is 11.3 Å². The number of aromatic nitrogens is 1. The summed E-state index contributed by atoms with van der Waals surface area (Å²) in [6, 6.07) is 7.51. The molecule has 0 saturated carbocycles. The van der Waals surface area contributed by atoms with Crippen LogP contribution in [0.3, 0.4) is 0 Å². The highest BCUT2D eigenvalue weighted by atomic mass is 32.2. The summed E-state index contributed by atoms with van der Waals surface area (Å²) in [7, 11) is -3.84. The zero-order valence-corrected chi connectivity index (χ0v) is 19.7. The van der Waals surface area contributed by atoms with E-state index in [1.54, 1.807) is 0 Å². The van der Waals surface area contributed by atoms with Crippen molar-refractivity contribution in [3.8, 4) is 0 Å². The normalized spacial score (nSPS) is 12.2. The minimum atomic E-state index is -3.84. The third-order valence-corrected chi connectivity index (χ3v) is 7.83. The Morgan fingerprint density at radius 3 is 2.38 bits per heavy atom. The maximum atomic E-state index is 13.4. The van der Waals surface area contributed by atoms with E-state index in [0.29, 0.717) is 18.2 Å². The quantitative estimate of drug-likeness (QED) is 0.380. The lowest BCUT2D eigenvalue weighted by molar-refractivity contribution is -0.126. The predicted molar refractivity (Wildman–Crippen MR) is 124 cm³/mol. The van der Waals surface area contributed by atoms with Crippen molar-refractivity contribution < 1.29 is 26.8 Å². The third kappa shape index (κ3) is 6.35. The standard InChI is InChI=1S/C22H22F2N4O4S2/c1-2-3-18(27-19(29)10-13-8-14(23)11-15(24)9-13)21(30)28-22-26-12-20(33-22)34(31,32)17-6-4-16(25)5-7-17/h4-9,11-12,18H,2-3,10,25H2,1H3,(H,27,29)(H,26,28,30). The molecule has 0 radical (unpaired) electrons. The number of anilines is 2. The number of carbonyl (C=O) groups excluding carboxylic acids is 2. The molecule has 1 unspecified atom stereocenters. The first kappa shape index (κ1) is 25.2. The average molecular weight is 509 g/mol. The largest absolute Gasteiger partial charge is 0.399 e. The van der Waals surface area contributed by atoms with Gasteiger partial charge in [-0.15, -0.1) is 0 Å². The highest BCUT2D eigenvalue weighted by Crippen LogP contribution is 2.29. The van der Waals surface area contributed by atoms with E-state index in [9.17, 15) is 26.8 Å². The number of hydrogen-bond donors (Lipinski definition) is 3. The molecule has 2 aromatic carbocycles. The van der Waals surface area contributed by atoms with E-state index in [1.165, 1.54) is 24.3 Å². The van der Waals surface area contributed by atoms with Gasteiger partial charge in [0, 0.05) is 11.8 Å². The van der Waals surface area contributed by atoms with Crippen LogP contribution in [0.5, 0.6) is 0 Å². The summed E-state index contributed by atoms with van der Waals surface area (Å²) in [6.07, 6.45) is 1.67. The van der Waals surface area contributed by atoms with Crippen LogP contribution in [0.25, 0.3) is 0 Å². The van der Waals surface area contributed by atoms with E-state index in [-0.39, 0.29) is 32.6 Å². The second-order valence-electron chi connectivity index (χ2n) is 7.41. The Hall–Kier alpha value is -3.38. The van der Waals surface area contributed by atoms with Gasteiger partial charge in [-0.3, -0.25) is 9.59 Å². The predicted octanol–water partition coefficient (Wildman–Crippen LogP) is 3.30. The van der Waals surface area contributed by atoms with Crippen LogP contribution in [-0.2, 0) is 25.8 Å². The van der Waals surface area contributed by atoms with Gasteiger partial charge in [0.1, 0.15) is 21.9 Å². The lowest BCUT2D eigenvalue weighted by Crippen LogP contribution is -2.44. The van der Waals surface area contributed by atoms with Gasteiger partial charge < -0.3 is 16.4 Å². The molecular weight excluding hydrogens is 486 g/mol. The van der Waals surface area contributed by atoms with Crippen molar-refractivity contribution in [2.75, 3.05) is 11.1 Å². The van der Waals surface area contributed by atoms with Crippen LogP contribution in [0.1, 0.15) is 25.3 Å². The Bertz CT molecular complexity index is 1270. The number of nitrogens with zero attached hydrogens (tertiary/aromatic N) is 1. The summed E-state index contributed by atoms with van der Waals surface area (Å²) in [5.41, 5.74) is 6.14. The van der Waals surface area contributed by atoms with Crippen molar-refractivity contribution in [3.63, 3.8) is 0 Å². The van der Waals surface area contributed by atoms with Crippen molar-refractivity contribution in [2.45, 2.75) is 41.3 Å². The molecule has 3 rings (SSSR count). The number of halogens is 2. The number of benzene rings is 2. The van der Waals surface area contributed by atoms with Crippen LogP contribution in [0, 0.1) is 11.6 Å². The van der Waals surface area contributed by atoms with Crippen LogP contribution in [0.15, 0.2) is 57.8 Å². The molecule has 1 atom stereocenters. The molecule has 12 heteroatoms. The molecule has 0 aliphatic carbocycles. The number of rotatable bonds is 9. The first-order valence-corrected chi connectivity index (χ1v) is 12.5. The molecule has 1 heterocycles. The Kier molecular flexibility index (Phi) is 7.94. The second-order valence-corrected chi connectivity index (χ2v) is 10.6. The smallest absolute Gasteiger partial charge is 0.248 e. The van der Waals surface area contributed by atoms with Gasteiger partial charge in [-0.05, 0) is 48.4 Å². The first-order valence-electron chi connectivity index (χ1n) is 10.2. The number of nitrogens with one attached hydrogen (secondary N) is 2. The number of hydrogen-bond acceptors (Lipinski definition) is 7. The highest BCUT2D eigenvalue weighted by molar-refractivity contribution is 7.93. The van der Waals surface area contributed by atoms with Crippen LogP contribution < -0.4 is 16.4 Å². The fourth-order valence-electron chi connectivity index (χ4n) is 3.10. The lowest BCUT2D eigenvalue weighted by atomic mass is 10.1. The maximum Gasteiger partial charge on any atom is 0.248 e. The molecule has 8 nitrogen and oxygen atoms in total. The summed E-state index contributed by atoms with van der Waals surface area (Å²) in [6.45, 7) is 1.81. The van der Waals surface area contributed by atoms with E-state index < -0.39 is 39.3 Å². The zero-order chi connectivity index (χ0) is 24.9. The fourth-order valence-corrected chi connectivity index (χ4v) is 5.53. The molecule has 3 aromatic rings. The summed E-state index contributed by atoms with van der Waals surface area (Å²) < 4.78 is 52.1.